The molecule has 0 aliphatic rings. The number of anilines is 1. The number of hydrogen-bond donors (Lipinski definition) is 1. The van der Waals surface area contributed by atoms with Gasteiger partial charge in [0.2, 0.25) is 0 Å². The van der Waals surface area contributed by atoms with E-state index in [0.29, 0.717) is 16.6 Å². The van der Waals surface area contributed by atoms with Crippen LogP contribution in [-0.2, 0) is 13.7 Å². The summed E-state index contributed by atoms with van der Waals surface area (Å²) in [4.78, 5) is 8.91. The molecule has 0 saturated heterocycles. The van der Waals surface area contributed by atoms with Crippen LogP contribution in [0, 0.1) is 0 Å². The van der Waals surface area contributed by atoms with Crippen LogP contribution in [0.3, 0.4) is 0 Å². The molecule has 3 aromatic rings. The van der Waals surface area contributed by atoms with Gasteiger partial charge in [0.05, 0.1) is 11.6 Å². The first kappa shape index (κ1) is 13.6. The topological polar surface area (TPSA) is 64.9 Å². The zero-order valence-electron chi connectivity index (χ0n) is 11.7. The van der Waals surface area contributed by atoms with E-state index in [4.69, 9.17) is 16.3 Å². The van der Waals surface area contributed by atoms with Crippen molar-refractivity contribution in [2.45, 2.75) is 6.61 Å². The third kappa shape index (κ3) is 2.75. The molecule has 1 N–H and O–H groups in total. The molecule has 3 rings (SSSR count). The summed E-state index contributed by atoms with van der Waals surface area (Å²) in [5, 5.41) is 8.75. The molecule has 0 aliphatic carbocycles. The Labute approximate surface area is 126 Å². The van der Waals surface area contributed by atoms with Gasteiger partial charge in [0, 0.05) is 19.1 Å². The Morgan fingerprint density at radius 1 is 1.33 bits per heavy atom. The minimum atomic E-state index is 0.260. The number of aryl methyl sites for hydroxylation is 1. The normalized spacial score (nSPS) is 10.8. The summed E-state index contributed by atoms with van der Waals surface area (Å²) in [7, 11) is 3.66. The lowest BCUT2D eigenvalue weighted by Gasteiger charge is -2.08. The predicted octanol–water partition coefficient (Wildman–Crippen LogP) is 2.64. The molecule has 0 aliphatic heterocycles. The number of hydrogen-bond acceptors (Lipinski definition) is 5. The summed E-state index contributed by atoms with van der Waals surface area (Å²) >= 11 is 5.93. The second kappa shape index (κ2) is 5.57. The maximum absolute atomic E-state index is 5.93. The van der Waals surface area contributed by atoms with Gasteiger partial charge in [-0.3, -0.25) is 4.68 Å². The Morgan fingerprint density at radius 2 is 2.19 bits per heavy atom. The molecule has 0 saturated carbocycles. The van der Waals surface area contributed by atoms with Gasteiger partial charge in [0.15, 0.2) is 11.5 Å². The van der Waals surface area contributed by atoms with Crippen LogP contribution in [0.5, 0.6) is 5.75 Å². The first-order valence-electron chi connectivity index (χ1n) is 6.42. The van der Waals surface area contributed by atoms with Crippen molar-refractivity contribution in [3.8, 4) is 5.75 Å². The van der Waals surface area contributed by atoms with Gasteiger partial charge in [-0.1, -0.05) is 17.7 Å². The number of benzene rings is 1. The molecular formula is C14H14ClN5O. The predicted molar refractivity (Wildman–Crippen MR) is 81.6 cm³/mol. The smallest absolute Gasteiger partial charge is 0.170 e. The largest absolute Gasteiger partial charge is 0.486 e. The Kier molecular flexibility index (Phi) is 3.62. The first-order chi connectivity index (χ1) is 10.2. The number of rotatable bonds is 4. The Bertz CT molecular complexity index is 786. The van der Waals surface area contributed by atoms with Crippen LogP contribution < -0.4 is 10.1 Å². The van der Waals surface area contributed by atoms with E-state index in [1.807, 2.05) is 26.2 Å². The van der Waals surface area contributed by atoms with Crippen molar-refractivity contribution in [3.05, 3.63) is 41.3 Å². The van der Waals surface area contributed by atoms with Crippen molar-refractivity contribution in [1.82, 2.24) is 19.7 Å². The van der Waals surface area contributed by atoms with Gasteiger partial charge < -0.3 is 10.1 Å². The molecule has 0 radical (unpaired) electrons. The molecule has 0 unspecified atom stereocenters. The summed E-state index contributed by atoms with van der Waals surface area (Å²) in [6.45, 7) is 0.260. The average Bonchev–Trinajstić information content (AvgIpc) is 2.86. The zero-order valence-corrected chi connectivity index (χ0v) is 12.4. The number of nitrogens with one attached hydrogen (secondary N) is 1. The van der Waals surface area contributed by atoms with Crippen molar-refractivity contribution >= 4 is 28.5 Å². The molecule has 0 spiro atoms. The monoisotopic (exact) mass is 303 g/mol. The van der Waals surface area contributed by atoms with Crippen molar-refractivity contribution in [2.24, 2.45) is 7.05 Å². The SMILES string of the molecule is CNc1nc(COc2cccc(Cl)c2)nc2c1cnn2C. The van der Waals surface area contributed by atoms with Gasteiger partial charge in [-0.05, 0) is 18.2 Å². The fourth-order valence-electron chi connectivity index (χ4n) is 2.03. The first-order valence-corrected chi connectivity index (χ1v) is 6.80. The highest BCUT2D eigenvalue weighted by Gasteiger charge is 2.11. The van der Waals surface area contributed by atoms with E-state index >= 15 is 0 Å². The number of ether oxygens (including phenoxy) is 1. The second-order valence-electron chi connectivity index (χ2n) is 4.49. The Morgan fingerprint density at radius 3 is 2.95 bits per heavy atom. The highest BCUT2D eigenvalue weighted by molar-refractivity contribution is 6.30. The molecule has 1 aromatic carbocycles. The number of halogens is 1. The molecule has 7 heteroatoms. The molecule has 6 nitrogen and oxygen atoms in total. The summed E-state index contributed by atoms with van der Waals surface area (Å²) < 4.78 is 7.38. The van der Waals surface area contributed by atoms with E-state index in [2.05, 4.69) is 20.4 Å². The van der Waals surface area contributed by atoms with Gasteiger partial charge in [-0.25, -0.2) is 9.97 Å². The van der Waals surface area contributed by atoms with Crippen molar-refractivity contribution < 1.29 is 4.74 Å². The average molecular weight is 304 g/mol. The number of fused-ring (bicyclic) bond motifs is 1. The molecule has 0 amide bonds. The molecular weight excluding hydrogens is 290 g/mol. The Balaban J connectivity index is 1.88. The summed E-state index contributed by atoms with van der Waals surface area (Å²) in [5.74, 6) is 2.00. The summed E-state index contributed by atoms with van der Waals surface area (Å²) in [6.07, 6.45) is 1.74. The van der Waals surface area contributed by atoms with Gasteiger partial charge in [0.1, 0.15) is 18.2 Å². The second-order valence-corrected chi connectivity index (χ2v) is 4.93. The lowest BCUT2D eigenvalue weighted by atomic mass is 10.3. The van der Waals surface area contributed by atoms with E-state index in [-0.39, 0.29) is 6.61 Å². The minimum Gasteiger partial charge on any atom is -0.486 e. The minimum absolute atomic E-state index is 0.260. The van der Waals surface area contributed by atoms with Crippen LogP contribution >= 0.6 is 11.6 Å². The van der Waals surface area contributed by atoms with Crippen LogP contribution in [0.1, 0.15) is 5.82 Å². The lowest BCUT2D eigenvalue weighted by Crippen LogP contribution is -2.06. The maximum atomic E-state index is 5.93. The molecule has 2 heterocycles. The lowest BCUT2D eigenvalue weighted by molar-refractivity contribution is 0.296. The zero-order chi connectivity index (χ0) is 14.8. The van der Waals surface area contributed by atoms with Gasteiger partial charge in [-0.2, -0.15) is 5.10 Å². The van der Waals surface area contributed by atoms with Crippen LogP contribution in [-0.4, -0.2) is 26.8 Å². The quantitative estimate of drug-likeness (QED) is 0.802. The molecule has 108 valence electrons. The summed E-state index contributed by atoms with van der Waals surface area (Å²) in [5.41, 5.74) is 0.763. The highest BCUT2D eigenvalue weighted by atomic mass is 35.5. The highest BCUT2D eigenvalue weighted by Crippen LogP contribution is 2.21. The third-order valence-corrected chi connectivity index (χ3v) is 3.27. The fourth-order valence-corrected chi connectivity index (χ4v) is 2.21. The van der Waals surface area contributed by atoms with Gasteiger partial charge in [0.25, 0.3) is 0 Å². The van der Waals surface area contributed by atoms with E-state index in [0.717, 1.165) is 16.9 Å². The third-order valence-electron chi connectivity index (χ3n) is 3.04. The molecule has 0 atom stereocenters. The van der Waals surface area contributed by atoms with Crippen molar-refractivity contribution in [3.63, 3.8) is 0 Å². The van der Waals surface area contributed by atoms with Crippen LogP contribution in [0.15, 0.2) is 30.5 Å². The molecule has 2 aromatic heterocycles. The van der Waals surface area contributed by atoms with E-state index in [1.54, 1.807) is 23.0 Å². The van der Waals surface area contributed by atoms with Crippen LogP contribution in [0.25, 0.3) is 11.0 Å². The molecule has 0 bridgehead atoms. The van der Waals surface area contributed by atoms with E-state index in [1.165, 1.54) is 0 Å². The standard InChI is InChI=1S/C14H14ClN5O/c1-16-13-11-7-17-20(2)14(11)19-12(18-13)8-21-10-5-3-4-9(15)6-10/h3-7H,8H2,1-2H3,(H,16,18,19). The molecule has 0 fully saturated rings. The number of aromatic nitrogens is 4. The fraction of sp³-hybridized carbons (Fsp3) is 0.214. The van der Waals surface area contributed by atoms with Gasteiger partial charge >= 0.3 is 0 Å². The van der Waals surface area contributed by atoms with Gasteiger partial charge in [-0.15, -0.1) is 0 Å². The maximum Gasteiger partial charge on any atom is 0.170 e. The van der Waals surface area contributed by atoms with Crippen LogP contribution in [0.4, 0.5) is 5.82 Å². The summed E-state index contributed by atoms with van der Waals surface area (Å²) in [6, 6.07) is 7.23. The molecule has 21 heavy (non-hydrogen) atoms. The van der Waals surface area contributed by atoms with Crippen molar-refractivity contribution in [2.75, 3.05) is 12.4 Å². The Hall–Kier alpha value is -2.34. The van der Waals surface area contributed by atoms with E-state index < -0.39 is 0 Å². The number of nitrogens with zero attached hydrogens (tertiary/aromatic N) is 4. The van der Waals surface area contributed by atoms with E-state index in [9.17, 15) is 0 Å². The van der Waals surface area contributed by atoms with Crippen molar-refractivity contribution in [1.29, 1.82) is 0 Å². The van der Waals surface area contributed by atoms with Crippen LogP contribution in [0.2, 0.25) is 5.02 Å².